The molecule has 5 nitrogen and oxygen atoms in total. The van der Waals surface area contributed by atoms with Crippen LogP contribution in [-0.2, 0) is 6.42 Å². The van der Waals surface area contributed by atoms with Gasteiger partial charge in [0.1, 0.15) is 11.1 Å². The summed E-state index contributed by atoms with van der Waals surface area (Å²) in [7, 11) is 0. The van der Waals surface area contributed by atoms with Crippen LogP contribution in [0.1, 0.15) is 31.9 Å². The van der Waals surface area contributed by atoms with Crippen molar-refractivity contribution in [1.82, 2.24) is 0 Å². The molecule has 0 atom stereocenters. The molecule has 1 aromatic heterocycles. The van der Waals surface area contributed by atoms with Crippen LogP contribution in [0.25, 0.3) is 0 Å². The fourth-order valence-electron chi connectivity index (χ4n) is 2.96. The fraction of sp³-hybridized carbons (Fsp3) is 0.143. The van der Waals surface area contributed by atoms with Gasteiger partial charge in [-0.15, -0.1) is 11.3 Å². The Kier molecular flexibility index (Phi) is 5.07. The van der Waals surface area contributed by atoms with E-state index in [0.717, 1.165) is 32.0 Å². The Morgan fingerprint density at radius 1 is 1.21 bits per heavy atom. The predicted molar refractivity (Wildman–Crippen MR) is 111 cm³/mol. The summed E-state index contributed by atoms with van der Waals surface area (Å²) >= 11 is 4.79. The maximum absolute atomic E-state index is 12.5. The summed E-state index contributed by atoms with van der Waals surface area (Å²) in [6.07, 6.45) is 0.649. The maximum atomic E-state index is 12.5. The molecule has 0 saturated heterocycles. The zero-order chi connectivity index (χ0) is 19.7. The molecule has 3 aromatic rings. The molecule has 1 N–H and O–H groups in total. The van der Waals surface area contributed by atoms with E-state index in [1.54, 1.807) is 12.1 Å². The molecule has 0 spiro atoms. The van der Waals surface area contributed by atoms with Crippen molar-refractivity contribution in [2.75, 3.05) is 12.1 Å². The van der Waals surface area contributed by atoms with Crippen LogP contribution in [0.2, 0.25) is 0 Å². The minimum atomic E-state index is -0.236. The molecule has 0 saturated carbocycles. The highest BCUT2D eigenvalue weighted by atomic mass is 79.9. The van der Waals surface area contributed by atoms with Gasteiger partial charge in [-0.05, 0) is 54.4 Å². The van der Waals surface area contributed by atoms with Crippen molar-refractivity contribution in [3.63, 3.8) is 0 Å². The molecule has 1 aliphatic heterocycles. The van der Waals surface area contributed by atoms with Gasteiger partial charge in [0.05, 0.1) is 5.56 Å². The number of halogens is 1. The highest BCUT2D eigenvalue weighted by Gasteiger charge is 2.19. The first-order chi connectivity index (χ1) is 13.5. The minimum absolute atomic E-state index is 0.236. The summed E-state index contributed by atoms with van der Waals surface area (Å²) in [4.78, 5) is 13.6. The Balaban J connectivity index is 1.58. The first-order valence-corrected chi connectivity index (χ1v) is 10.1. The molecule has 28 heavy (non-hydrogen) atoms. The van der Waals surface area contributed by atoms with Crippen LogP contribution < -0.4 is 14.8 Å². The summed E-state index contributed by atoms with van der Waals surface area (Å²) in [6.45, 7) is 2.15. The number of carbonyl (C=O) groups is 1. The van der Waals surface area contributed by atoms with E-state index in [1.807, 2.05) is 37.3 Å². The van der Waals surface area contributed by atoms with Gasteiger partial charge in [-0.25, -0.2) is 0 Å². The Morgan fingerprint density at radius 2 is 1.96 bits per heavy atom. The highest BCUT2D eigenvalue weighted by Crippen LogP contribution is 2.37. The molecule has 0 radical (unpaired) electrons. The van der Waals surface area contributed by atoms with Crippen LogP contribution >= 0.6 is 27.3 Å². The molecule has 0 unspecified atom stereocenters. The number of anilines is 1. The Morgan fingerprint density at radius 3 is 2.71 bits per heavy atom. The zero-order valence-corrected chi connectivity index (χ0v) is 17.3. The van der Waals surface area contributed by atoms with Gasteiger partial charge in [0.25, 0.3) is 5.91 Å². The maximum Gasteiger partial charge on any atom is 0.256 e. The van der Waals surface area contributed by atoms with E-state index in [4.69, 9.17) is 9.47 Å². The second-order valence-corrected chi connectivity index (χ2v) is 8.31. The number of rotatable bonds is 4. The number of thiophene rings is 1. The molecule has 7 heteroatoms. The Bertz CT molecular complexity index is 1100. The van der Waals surface area contributed by atoms with Crippen molar-refractivity contribution >= 4 is 38.2 Å². The van der Waals surface area contributed by atoms with Crippen molar-refractivity contribution in [2.45, 2.75) is 13.3 Å². The number of benzene rings is 2. The van der Waals surface area contributed by atoms with Crippen LogP contribution in [0.15, 0.2) is 46.9 Å². The average molecular weight is 455 g/mol. The Hall–Kier alpha value is -2.82. The molecule has 0 bridgehead atoms. The molecule has 0 fully saturated rings. The molecule has 4 rings (SSSR count). The molecule has 0 aliphatic carbocycles. The number of carbonyl (C=O) groups excluding carboxylic acids is 1. The topological polar surface area (TPSA) is 71.3 Å². The van der Waals surface area contributed by atoms with E-state index in [2.05, 4.69) is 27.3 Å². The summed E-state index contributed by atoms with van der Waals surface area (Å²) in [5, 5.41) is 13.0. The number of amides is 1. The van der Waals surface area contributed by atoms with E-state index in [-0.39, 0.29) is 12.7 Å². The third kappa shape index (κ3) is 3.61. The van der Waals surface area contributed by atoms with E-state index >= 15 is 0 Å². The predicted octanol–water partition coefficient (Wildman–Crippen LogP) is 5.26. The van der Waals surface area contributed by atoms with Crippen molar-refractivity contribution in [2.24, 2.45) is 0 Å². The quantitative estimate of drug-likeness (QED) is 0.583. The first kappa shape index (κ1) is 18.5. The number of hydrogen-bond acceptors (Lipinski definition) is 5. The van der Waals surface area contributed by atoms with Gasteiger partial charge in [-0.1, -0.05) is 22.0 Å². The van der Waals surface area contributed by atoms with E-state index in [9.17, 15) is 10.1 Å². The van der Waals surface area contributed by atoms with Crippen LogP contribution in [0, 0.1) is 18.3 Å². The summed E-state index contributed by atoms with van der Waals surface area (Å²) in [6, 6.07) is 15.1. The number of hydrogen-bond donors (Lipinski definition) is 1. The van der Waals surface area contributed by atoms with Crippen LogP contribution in [-0.4, -0.2) is 12.7 Å². The lowest BCUT2D eigenvalue weighted by Gasteiger charge is -2.03. The third-order valence-corrected chi connectivity index (χ3v) is 6.23. The van der Waals surface area contributed by atoms with E-state index in [0.29, 0.717) is 22.5 Å². The zero-order valence-electron chi connectivity index (χ0n) is 14.9. The van der Waals surface area contributed by atoms with E-state index < -0.39 is 0 Å². The monoisotopic (exact) mass is 454 g/mol. The lowest BCUT2D eigenvalue weighted by molar-refractivity contribution is 0.102. The summed E-state index contributed by atoms with van der Waals surface area (Å²) < 4.78 is 11.7. The molecular weight excluding hydrogens is 440 g/mol. The first-order valence-electron chi connectivity index (χ1n) is 8.53. The van der Waals surface area contributed by atoms with Gasteiger partial charge in [0, 0.05) is 21.3 Å². The molecule has 1 amide bonds. The number of nitrogens with zero attached hydrogens (tertiary/aromatic N) is 1. The highest BCUT2D eigenvalue weighted by molar-refractivity contribution is 9.10. The molecule has 1 aliphatic rings. The number of fused-ring (bicyclic) bond motifs is 1. The van der Waals surface area contributed by atoms with Gasteiger partial charge in [-0.3, -0.25) is 4.79 Å². The number of ether oxygens (including phenoxy) is 2. The third-order valence-electron chi connectivity index (χ3n) is 4.49. The molecular formula is C21H15BrN2O3S. The normalized spacial score (nSPS) is 11.9. The molecule has 2 heterocycles. The standard InChI is InChI=1S/C21H15BrN2O3S/c1-12-16(10-23)21(24-20(25)14-3-5-15(22)6-4-14)28-19(12)9-13-2-7-17-18(8-13)27-11-26-17/h2-8H,9,11H2,1H3,(H,24,25). The van der Waals surface area contributed by atoms with Crippen molar-refractivity contribution in [3.8, 4) is 17.6 Å². The van der Waals surface area contributed by atoms with Gasteiger partial charge in [-0.2, -0.15) is 5.26 Å². The van der Waals surface area contributed by atoms with Crippen molar-refractivity contribution in [3.05, 3.63) is 74.1 Å². The van der Waals surface area contributed by atoms with Crippen LogP contribution in [0.5, 0.6) is 11.5 Å². The second kappa shape index (κ2) is 7.66. The van der Waals surface area contributed by atoms with Gasteiger partial charge in [0.15, 0.2) is 11.5 Å². The summed E-state index contributed by atoms with van der Waals surface area (Å²) in [5.41, 5.74) is 2.99. The average Bonchev–Trinajstić information content (AvgIpc) is 3.26. The van der Waals surface area contributed by atoms with Crippen LogP contribution in [0.3, 0.4) is 0 Å². The molecule has 140 valence electrons. The smallest absolute Gasteiger partial charge is 0.256 e. The van der Waals surface area contributed by atoms with Crippen LogP contribution in [0.4, 0.5) is 5.00 Å². The van der Waals surface area contributed by atoms with Gasteiger partial charge in [0.2, 0.25) is 6.79 Å². The van der Waals surface area contributed by atoms with Gasteiger partial charge >= 0.3 is 0 Å². The van der Waals surface area contributed by atoms with Crippen molar-refractivity contribution in [1.29, 1.82) is 5.26 Å². The number of nitrogens with one attached hydrogen (secondary N) is 1. The lowest BCUT2D eigenvalue weighted by Crippen LogP contribution is -2.11. The Labute approximate surface area is 174 Å². The van der Waals surface area contributed by atoms with Gasteiger partial charge < -0.3 is 14.8 Å². The lowest BCUT2D eigenvalue weighted by atomic mass is 10.1. The summed E-state index contributed by atoms with van der Waals surface area (Å²) in [5.74, 6) is 1.24. The second-order valence-electron chi connectivity index (χ2n) is 6.29. The minimum Gasteiger partial charge on any atom is -0.454 e. The molecule has 2 aromatic carbocycles. The SMILES string of the molecule is Cc1c(Cc2ccc3c(c2)OCO3)sc(NC(=O)c2ccc(Br)cc2)c1C#N. The van der Waals surface area contributed by atoms with E-state index in [1.165, 1.54) is 11.3 Å². The fourth-order valence-corrected chi connectivity index (χ4v) is 4.41. The largest absolute Gasteiger partial charge is 0.454 e. The van der Waals surface area contributed by atoms with Crippen molar-refractivity contribution < 1.29 is 14.3 Å². The number of nitriles is 1.